The molecule has 0 aliphatic heterocycles. The number of nitrogens with one attached hydrogen (secondary N) is 1. The van der Waals surface area contributed by atoms with Gasteiger partial charge in [-0.25, -0.2) is 0 Å². The molecule has 4 heteroatoms. The number of nitrogens with zero attached hydrogens (tertiary/aromatic N) is 2. The maximum absolute atomic E-state index is 5.13. The van der Waals surface area contributed by atoms with Gasteiger partial charge >= 0.3 is 0 Å². The van der Waals surface area contributed by atoms with Crippen molar-refractivity contribution in [3.05, 3.63) is 47.7 Å². The van der Waals surface area contributed by atoms with Gasteiger partial charge in [-0.15, -0.1) is 5.10 Å². The van der Waals surface area contributed by atoms with Crippen LogP contribution in [0, 0.1) is 0 Å². The van der Waals surface area contributed by atoms with E-state index < -0.39 is 0 Å². The number of anilines is 1. The van der Waals surface area contributed by atoms with Crippen molar-refractivity contribution in [2.75, 3.05) is 12.4 Å². The van der Waals surface area contributed by atoms with E-state index in [1.165, 1.54) is 18.4 Å². The minimum absolute atomic E-state index is 0.656. The molecular formula is C15H17N3O. The van der Waals surface area contributed by atoms with E-state index in [4.69, 9.17) is 4.74 Å². The summed E-state index contributed by atoms with van der Waals surface area (Å²) in [4.78, 5) is 0. The molecule has 1 aliphatic carbocycles. The lowest BCUT2D eigenvalue weighted by Crippen LogP contribution is -2.03. The first-order valence-corrected chi connectivity index (χ1v) is 6.55. The Morgan fingerprint density at radius 2 is 1.89 bits per heavy atom. The SMILES string of the molecule is COc1ccc(CNc2ccc(C3CC3)nn2)cc1. The summed E-state index contributed by atoms with van der Waals surface area (Å²) in [5.41, 5.74) is 2.31. The first kappa shape index (κ1) is 12.0. The van der Waals surface area contributed by atoms with E-state index in [0.29, 0.717) is 5.92 Å². The van der Waals surface area contributed by atoms with E-state index in [0.717, 1.165) is 23.8 Å². The van der Waals surface area contributed by atoms with Gasteiger partial charge in [0.05, 0.1) is 12.8 Å². The molecule has 1 heterocycles. The third kappa shape index (κ3) is 3.02. The Morgan fingerprint density at radius 3 is 2.47 bits per heavy atom. The number of benzene rings is 1. The molecule has 3 rings (SSSR count). The first-order valence-electron chi connectivity index (χ1n) is 6.55. The predicted molar refractivity (Wildman–Crippen MR) is 74.3 cm³/mol. The molecule has 1 aromatic carbocycles. The molecule has 0 unspecified atom stereocenters. The molecule has 0 bridgehead atoms. The third-order valence-corrected chi connectivity index (χ3v) is 3.31. The minimum atomic E-state index is 0.656. The van der Waals surface area contributed by atoms with E-state index >= 15 is 0 Å². The Balaban J connectivity index is 1.58. The zero-order chi connectivity index (χ0) is 13.1. The highest BCUT2D eigenvalue weighted by molar-refractivity contribution is 5.36. The standard InChI is InChI=1S/C15H17N3O/c1-19-13-6-2-11(3-7-13)10-16-15-9-8-14(17-18-15)12-4-5-12/h2-3,6-9,12H,4-5,10H2,1H3,(H,16,18). The van der Waals surface area contributed by atoms with Crippen LogP contribution in [0.3, 0.4) is 0 Å². The summed E-state index contributed by atoms with van der Waals surface area (Å²) in [6.07, 6.45) is 2.51. The van der Waals surface area contributed by atoms with Crippen LogP contribution in [0.25, 0.3) is 0 Å². The fraction of sp³-hybridized carbons (Fsp3) is 0.333. The molecule has 0 radical (unpaired) electrons. The van der Waals surface area contributed by atoms with Crippen molar-refractivity contribution in [2.45, 2.75) is 25.3 Å². The summed E-state index contributed by atoms with van der Waals surface area (Å²) in [7, 11) is 1.67. The van der Waals surface area contributed by atoms with E-state index in [-0.39, 0.29) is 0 Å². The van der Waals surface area contributed by atoms with Crippen molar-refractivity contribution < 1.29 is 4.74 Å². The number of hydrogen-bond donors (Lipinski definition) is 1. The van der Waals surface area contributed by atoms with Crippen LogP contribution in [-0.4, -0.2) is 17.3 Å². The van der Waals surface area contributed by atoms with Gasteiger partial charge in [0.25, 0.3) is 0 Å². The number of ether oxygens (including phenoxy) is 1. The van der Waals surface area contributed by atoms with Gasteiger partial charge in [0.15, 0.2) is 0 Å². The van der Waals surface area contributed by atoms with Crippen molar-refractivity contribution in [3.63, 3.8) is 0 Å². The fourth-order valence-corrected chi connectivity index (χ4v) is 1.97. The number of methoxy groups -OCH3 is 1. The number of rotatable bonds is 5. The predicted octanol–water partition coefficient (Wildman–Crippen LogP) is 2.97. The summed E-state index contributed by atoms with van der Waals surface area (Å²) in [6.45, 7) is 0.738. The van der Waals surface area contributed by atoms with E-state index in [1.54, 1.807) is 7.11 Å². The molecule has 1 saturated carbocycles. The Labute approximate surface area is 112 Å². The zero-order valence-electron chi connectivity index (χ0n) is 11.0. The molecule has 0 amide bonds. The lowest BCUT2D eigenvalue weighted by Gasteiger charge is -2.06. The first-order chi connectivity index (χ1) is 9.35. The van der Waals surface area contributed by atoms with Gasteiger partial charge in [-0.2, -0.15) is 5.10 Å². The van der Waals surface area contributed by atoms with Crippen molar-refractivity contribution in [1.82, 2.24) is 10.2 Å². The van der Waals surface area contributed by atoms with Crippen molar-refractivity contribution in [2.24, 2.45) is 0 Å². The van der Waals surface area contributed by atoms with Crippen molar-refractivity contribution in [1.29, 1.82) is 0 Å². The average molecular weight is 255 g/mol. The number of hydrogen-bond acceptors (Lipinski definition) is 4. The Bertz CT molecular complexity index is 532. The van der Waals surface area contributed by atoms with Crippen molar-refractivity contribution >= 4 is 5.82 Å². The second-order valence-corrected chi connectivity index (χ2v) is 4.82. The monoisotopic (exact) mass is 255 g/mol. The van der Waals surface area contributed by atoms with Crippen LogP contribution < -0.4 is 10.1 Å². The van der Waals surface area contributed by atoms with Gasteiger partial charge in [0.2, 0.25) is 0 Å². The van der Waals surface area contributed by atoms with Crippen LogP contribution in [0.1, 0.15) is 30.0 Å². The highest BCUT2D eigenvalue weighted by Gasteiger charge is 2.25. The molecule has 0 spiro atoms. The second-order valence-electron chi connectivity index (χ2n) is 4.82. The molecule has 98 valence electrons. The van der Waals surface area contributed by atoms with Crippen LogP contribution in [-0.2, 0) is 6.54 Å². The van der Waals surface area contributed by atoms with E-state index in [9.17, 15) is 0 Å². The van der Waals surface area contributed by atoms with Crippen LogP contribution >= 0.6 is 0 Å². The zero-order valence-corrected chi connectivity index (χ0v) is 11.0. The molecule has 1 aromatic heterocycles. The second kappa shape index (κ2) is 5.26. The molecule has 0 atom stereocenters. The molecule has 1 aliphatic rings. The Morgan fingerprint density at radius 1 is 1.11 bits per heavy atom. The third-order valence-electron chi connectivity index (χ3n) is 3.31. The summed E-state index contributed by atoms with van der Waals surface area (Å²) in [5.74, 6) is 2.35. The maximum atomic E-state index is 5.13. The van der Waals surface area contributed by atoms with Gasteiger partial charge in [-0.3, -0.25) is 0 Å². The van der Waals surface area contributed by atoms with Crippen LogP contribution in [0.4, 0.5) is 5.82 Å². The molecule has 1 fully saturated rings. The van der Waals surface area contributed by atoms with Crippen LogP contribution in [0.2, 0.25) is 0 Å². The Kier molecular flexibility index (Phi) is 3.31. The summed E-state index contributed by atoms with van der Waals surface area (Å²) >= 11 is 0. The lowest BCUT2D eigenvalue weighted by atomic mass is 10.2. The van der Waals surface area contributed by atoms with Gasteiger partial charge in [0, 0.05) is 12.5 Å². The molecule has 19 heavy (non-hydrogen) atoms. The highest BCUT2D eigenvalue weighted by Crippen LogP contribution is 2.38. The molecule has 4 nitrogen and oxygen atoms in total. The maximum Gasteiger partial charge on any atom is 0.148 e. The average Bonchev–Trinajstić information content (AvgIpc) is 3.31. The quantitative estimate of drug-likeness (QED) is 0.892. The molecule has 2 aromatic rings. The van der Waals surface area contributed by atoms with Crippen molar-refractivity contribution in [3.8, 4) is 5.75 Å². The fourth-order valence-electron chi connectivity index (χ4n) is 1.97. The normalized spacial score (nSPS) is 14.2. The van der Waals surface area contributed by atoms with Gasteiger partial charge < -0.3 is 10.1 Å². The van der Waals surface area contributed by atoms with E-state index in [1.807, 2.05) is 30.3 Å². The van der Waals surface area contributed by atoms with Crippen LogP contribution in [0.5, 0.6) is 5.75 Å². The topological polar surface area (TPSA) is 47.0 Å². The van der Waals surface area contributed by atoms with Gasteiger partial charge in [-0.05, 0) is 42.7 Å². The minimum Gasteiger partial charge on any atom is -0.497 e. The summed E-state index contributed by atoms with van der Waals surface area (Å²) in [6, 6.07) is 12.1. The highest BCUT2D eigenvalue weighted by atomic mass is 16.5. The van der Waals surface area contributed by atoms with Crippen LogP contribution in [0.15, 0.2) is 36.4 Å². The smallest absolute Gasteiger partial charge is 0.148 e. The largest absolute Gasteiger partial charge is 0.497 e. The summed E-state index contributed by atoms with van der Waals surface area (Å²) < 4.78 is 5.13. The van der Waals surface area contributed by atoms with Gasteiger partial charge in [0.1, 0.15) is 11.6 Å². The lowest BCUT2D eigenvalue weighted by molar-refractivity contribution is 0.414. The van der Waals surface area contributed by atoms with Gasteiger partial charge in [-0.1, -0.05) is 12.1 Å². The molecular weight excluding hydrogens is 238 g/mol. The molecule has 0 saturated heterocycles. The summed E-state index contributed by atoms with van der Waals surface area (Å²) in [5, 5.41) is 11.7. The van der Waals surface area contributed by atoms with E-state index in [2.05, 4.69) is 21.6 Å². The molecule has 1 N–H and O–H groups in total. The number of aromatic nitrogens is 2. The Hall–Kier alpha value is -2.10.